The van der Waals surface area contributed by atoms with E-state index in [0.29, 0.717) is 0 Å². The average molecular weight is 206 g/mol. The number of nitrogens with two attached hydrogens (primary N) is 1. The molecule has 0 aromatic rings. The molecule has 1 aliphatic rings. The van der Waals surface area contributed by atoms with Crippen LogP contribution in [0.1, 0.15) is 26.2 Å². The Kier molecular flexibility index (Phi) is 3.80. The van der Waals surface area contributed by atoms with Crippen LogP contribution in [-0.2, 0) is 4.79 Å². The van der Waals surface area contributed by atoms with E-state index >= 15 is 0 Å². The normalized spacial score (nSPS) is 18.4. The molecule has 1 atom stereocenters. The lowest BCUT2D eigenvalue weighted by Gasteiger charge is -2.22. The standard InChI is InChI=1S/C9H16F2N2O/c1-6(12)4-9(14)13(5-8(10)11)7-2-3-7/h6-8H,2-5,12H2,1H3. The SMILES string of the molecule is CC(N)CC(=O)N(CC(F)F)C1CC1. The molecule has 1 rings (SSSR count). The van der Waals surface area contributed by atoms with E-state index in [2.05, 4.69) is 0 Å². The van der Waals surface area contributed by atoms with E-state index in [9.17, 15) is 13.6 Å². The molecule has 0 aliphatic heterocycles. The summed E-state index contributed by atoms with van der Waals surface area (Å²) in [7, 11) is 0. The number of nitrogens with zero attached hydrogens (tertiary/aromatic N) is 1. The van der Waals surface area contributed by atoms with Gasteiger partial charge in [-0.2, -0.15) is 0 Å². The fraction of sp³-hybridized carbons (Fsp3) is 0.889. The Morgan fingerprint density at radius 1 is 1.57 bits per heavy atom. The molecule has 0 aromatic heterocycles. The van der Waals surface area contributed by atoms with Crippen molar-refractivity contribution in [1.82, 2.24) is 4.90 Å². The van der Waals surface area contributed by atoms with E-state index in [1.54, 1.807) is 6.92 Å². The maximum atomic E-state index is 12.1. The molecular weight excluding hydrogens is 190 g/mol. The van der Waals surface area contributed by atoms with Crippen LogP contribution in [0.15, 0.2) is 0 Å². The fourth-order valence-corrected chi connectivity index (χ4v) is 1.38. The average Bonchev–Trinajstić information content (AvgIpc) is 2.80. The van der Waals surface area contributed by atoms with Crippen LogP contribution in [0.4, 0.5) is 8.78 Å². The van der Waals surface area contributed by atoms with Crippen molar-refractivity contribution in [2.75, 3.05) is 6.54 Å². The molecule has 1 amide bonds. The summed E-state index contributed by atoms with van der Waals surface area (Å²) in [6.07, 6.45) is -0.606. The molecule has 1 aliphatic carbocycles. The molecule has 0 spiro atoms. The second-order valence-corrected chi connectivity index (χ2v) is 3.85. The molecule has 0 aromatic carbocycles. The summed E-state index contributed by atoms with van der Waals surface area (Å²) in [4.78, 5) is 12.8. The second-order valence-electron chi connectivity index (χ2n) is 3.85. The summed E-state index contributed by atoms with van der Waals surface area (Å²) in [6, 6.07) is -0.225. The van der Waals surface area contributed by atoms with Crippen molar-refractivity contribution in [3.63, 3.8) is 0 Å². The Morgan fingerprint density at radius 2 is 2.14 bits per heavy atom. The lowest BCUT2D eigenvalue weighted by molar-refractivity contribution is -0.134. The summed E-state index contributed by atoms with van der Waals surface area (Å²) >= 11 is 0. The minimum absolute atomic E-state index is 0.0373. The minimum Gasteiger partial charge on any atom is -0.334 e. The van der Waals surface area contributed by atoms with Crippen LogP contribution in [-0.4, -0.2) is 35.9 Å². The summed E-state index contributed by atoms with van der Waals surface area (Å²) in [6.45, 7) is 1.25. The Labute approximate surface area is 82.2 Å². The Balaban J connectivity index is 2.44. The van der Waals surface area contributed by atoms with Crippen LogP contribution in [0.3, 0.4) is 0 Å². The van der Waals surface area contributed by atoms with Crippen molar-refractivity contribution in [3.8, 4) is 0 Å². The monoisotopic (exact) mass is 206 g/mol. The van der Waals surface area contributed by atoms with Crippen LogP contribution in [0.2, 0.25) is 0 Å². The van der Waals surface area contributed by atoms with Gasteiger partial charge in [-0.05, 0) is 19.8 Å². The Bertz CT molecular complexity index is 205. The smallest absolute Gasteiger partial charge is 0.255 e. The van der Waals surface area contributed by atoms with Crippen LogP contribution in [0.5, 0.6) is 0 Å². The van der Waals surface area contributed by atoms with Gasteiger partial charge in [0.05, 0.1) is 6.54 Å². The topological polar surface area (TPSA) is 46.3 Å². The van der Waals surface area contributed by atoms with E-state index in [4.69, 9.17) is 5.73 Å². The molecule has 1 unspecified atom stereocenters. The van der Waals surface area contributed by atoms with Gasteiger partial charge in [0.2, 0.25) is 5.91 Å². The number of carbonyl (C=O) groups is 1. The van der Waals surface area contributed by atoms with Crippen molar-refractivity contribution in [2.45, 2.75) is 44.7 Å². The van der Waals surface area contributed by atoms with Crippen LogP contribution in [0.25, 0.3) is 0 Å². The first-order valence-corrected chi connectivity index (χ1v) is 4.84. The zero-order valence-corrected chi connectivity index (χ0v) is 8.25. The Hall–Kier alpha value is -0.710. The van der Waals surface area contributed by atoms with Crippen LogP contribution < -0.4 is 5.73 Å². The summed E-state index contributed by atoms with van der Waals surface area (Å²) in [5, 5.41) is 0. The lowest BCUT2D eigenvalue weighted by atomic mass is 10.2. The van der Waals surface area contributed by atoms with Gasteiger partial charge < -0.3 is 10.6 Å². The number of halogens is 2. The van der Waals surface area contributed by atoms with Gasteiger partial charge in [0, 0.05) is 18.5 Å². The van der Waals surface area contributed by atoms with E-state index in [-0.39, 0.29) is 24.4 Å². The van der Waals surface area contributed by atoms with Gasteiger partial charge in [-0.3, -0.25) is 4.79 Å². The van der Waals surface area contributed by atoms with Crippen molar-refractivity contribution in [3.05, 3.63) is 0 Å². The zero-order chi connectivity index (χ0) is 10.7. The minimum atomic E-state index is -2.45. The molecular formula is C9H16F2N2O. The predicted molar refractivity (Wildman–Crippen MR) is 49.0 cm³/mol. The summed E-state index contributed by atoms with van der Waals surface area (Å²) < 4.78 is 24.3. The van der Waals surface area contributed by atoms with Gasteiger partial charge in [0.25, 0.3) is 6.43 Å². The van der Waals surface area contributed by atoms with Gasteiger partial charge in [0.1, 0.15) is 0 Å². The lowest BCUT2D eigenvalue weighted by Crippen LogP contribution is -2.39. The number of hydrogen-bond acceptors (Lipinski definition) is 2. The fourth-order valence-electron chi connectivity index (χ4n) is 1.38. The van der Waals surface area contributed by atoms with Gasteiger partial charge in [-0.1, -0.05) is 0 Å². The molecule has 0 bridgehead atoms. The van der Waals surface area contributed by atoms with Crippen molar-refractivity contribution in [2.24, 2.45) is 5.73 Å². The zero-order valence-electron chi connectivity index (χ0n) is 8.25. The number of rotatable bonds is 5. The van der Waals surface area contributed by atoms with E-state index in [1.807, 2.05) is 0 Å². The molecule has 14 heavy (non-hydrogen) atoms. The number of carbonyl (C=O) groups excluding carboxylic acids is 1. The largest absolute Gasteiger partial charge is 0.334 e. The quantitative estimate of drug-likeness (QED) is 0.728. The van der Waals surface area contributed by atoms with E-state index in [1.165, 1.54) is 4.90 Å². The first-order chi connectivity index (χ1) is 6.50. The molecule has 5 heteroatoms. The van der Waals surface area contributed by atoms with Crippen molar-refractivity contribution in [1.29, 1.82) is 0 Å². The first-order valence-electron chi connectivity index (χ1n) is 4.84. The molecule has 1 saturated carbocycles. The predicted octanol–water partition coefficient (Wildman–Crippen LogP) is 0.980. The highest BCUT2D eigenvalue weighted by Gasteiger charge is 2.34. The molecule has 1 fully saturated rings. The van der Waals surface area contributed by atoms with E-state index in [0.717, 1.165) is 12.8 Å². The highest BCUT2D eigenvalue weighted by Crippen LogP contribution is 2.28. The van der Waals surface area contributed by atoms with Gasteiger partial charge in [-0.15, -0.1) is 0 Å². The number of amides is 1. The highest BCUT2D eigenvalue weighted by atomic mass is 19.3. The second kappa shape index (κ2) is 4.68. The molecule has 0 heterocycles. The molecule has 3 nitrogen and oxygen atoms in total. The van der Waals surface area contributed by atoms with Crippen molar-refractivity contribution >= 4 is 5.91 Å². The molecule has 82 valence electrons. The van der Waals surface area contributed by atoms with Gasteiger partial charge in [-0.25, -0.2) is 8.78 Å². The summed E-state index contributed by atoms with van der Waals surface area (Å²) in [5.41, 5.74) is 5.45. The van der Waals surface area contributed by atoms with Gasteiger partial charge >= 0.3 is 0 Å². The third-order valence-electron chi connectivity index (χ3n) is 2.14. The Morgan fingerprint density at radius 3 is 2.50 bits per heavy atom. The maximum Gasteiger partial charge on any atom is 0.255 e. The number of hydrogen-bond donors (Lipinski definition) is 1. The third-order valence-corrected chi connectivity index (χ3v) is 2.14. The highest BCUT2D eigenvalue weighted by molar-refractivity contribution is 5.77. The summed E-state index contributed by atoms with van der Waals surface area (Å²) in [5.74, 6) is -0.247. The maximum absolute atomic E-state index is 12.1. The molecule has 0 saturated heterocycles. The number of alkyl halides is 2. The van der Waals surface area contributed by atoms with Crippen molar-refractivity contribution < 1.29 is 13.6 Å². The van der Waals surface area contributed by atoms with E-state index < -0.39 is 13.0 Å². The molecule has 2 N–H and O–H groups in total. The first kappa shape index (κ1) is 11.4. The van der Waals surface area contributed by atoms with Gasteiger partial charge in [0.15, 0.2) is 0 Å². The third kappa shape index (κ3) is 3.57. The molecule has 0 radical (unpaired) electrons. The van der Waals surface area contributed by atoms with Crippen LogP contribution >= 0.6 is 0 Å². The van der Waals surface area contributed by atoms with Crippen LogP contribution in [0, 0.1) is 0 Å².